The largest absolute Gasteiger partial charge is 0.663 e. The number of hydrogen-bond acceptors (Lipinski definition) is 5. The Bertz CT molecular complexity index is 543. The Hall–Kier alpha value is -2.02. The zero-order valence-corrected chi connectivity index (χ0v) is 22.8. The van der Waals surface area contributed by atoms with E-state index >= 15 is 0 Å². The molecule has 0 atom stereocenters. The van der Waals surface area contributed by atoms with E-state index in [2.05, 4.69) is 7.11 Å². The molecule has 0 unspecified atom stereocenters. The second kappa shape index (κ2) is 9.97. The van der Waals surface area contributed by atoms with Gasteiger partial charge in [-0.25, -0.2) is 0 Å². The van der Waals surface area contributed by atoms with E-state index in [4.69, 9.17) is 36.4 Å². The molecule has 0 heterocycles. The maximum absolute atomic E-state index is 11.1. The zero-order chi connectivity index (χ0) is 17.5. The number of ether oxygens (including phenoxy) is 3. The van der Waals surface area contributed by atoms with Gasteiger partial charge in [0.25, 0.3) is 5.69 Å². The number of nitro benzene ring substituents is 1. The topological polar surface area (TPSA) is 70.8 Å². The Morgan fingerprint density at radius 2 is 1.96 bits per heavy atom. The van der Waals surface area contributed by atoms with Crippen molar-refractivity contribution < 1.29 is 19.1 Å². The number of unbranched alkanes of at least 4 members (excludes halogenated alkanes) is 1. The van der Waals surface area contributed by atoms with Crippen molar-refractivity contribution in [2.45, 2.75) is 32.0 Å². The summed E-state index contributed by atoms with van der Waals surface area (Å²) in [6.45, 7) is 0.398. The molecule has 0 N–H and O–H groups in total. The molecule has 0 bridgehead atoms. The van der Waals surface area contributed by atoms with Crippen molar-refractivity contribution in [2.24, 2.45) is 0 Å². The summed E-state index contributed by atoms with van der Waals surface area (Å²) in [5.74, 6) is 0.576. The molecule has 10 heteroatoms. The molecule has 0 spiro atoms. The van der Waals surface area contributed by atoms with Crippen LogP contribution in [-0.2, 0) is 11.3 Å². The Morgan fingerprint density at radius 1 is 1.29 bits per heavy atom. The predicted octanol–water partition coefficient (Wildman–Crippen LogP) is 4.62. The van der Waals surface area contributed by atoms with Crippen molar-refractivity contribution in [1.29, 1.82) is 0 Å². The summed E-state index contributed by atoms with van der Waals surface area (Å²) >= 11 is 12.0. The molecular formula is C14H20Cl2NO5RfSi-. The van der Waals surface area contributed by atoms with Crippen LogP contribution in [0.25, 0.3) is 0 Å². The molecule has 0 aromatic heterocycles. The molecule has 1 rings (SSSR count). The minimum Gasteiger partial charge on any atom is -0.663 e. The monoisotopic (exact) mass is 647 g/mol. The summed E-state index contributed by atoms with van der Waals surface area (Å²) in [4.78, 5) is 10.7. The second-order valence-electron chi connectivity index (χ2n) is 5.11. The molecule has 0 aliphatic heterocycles. The minimum absolute atomic E-state index is 0. The van der Waals surface area contributed by atoms with Crippen LogP contribution in [0.1, 0.15) is 18.4 Å². The third-order valence-electron chi connectivity index (χ3n) is 3.13. The molecule has 0 radical (unpaired) electrons. The molecule has 0 aliphatic carbocycles. The Balaban J connectivity index is 0.00000529. The Morgan fingerprint density at radius 3 is 2.46 bits per heavy atom. The van der Waals surface area contributed by atoms with Gasteiger partial charge in [0, 0.05) is 6.61 Å². The SMILES string of the molecule is [CH2-]Oc1cc([N+](=O)[O-])c(COCCCC[Si](C)(Cl)Cl)cc1OC.[Rf]. The summed E-state index contributed by atoms with van der Waals surface area (Å²) in [7, 11) is 4.71. The number of hydrogen-bond donors (Lipinski definition) is 0. The van der Waals surface area contributed by atoms with Crippen molar-refractivity contribution in [3.05, 3.63) is 34.9 Å². The number of nitro groups is 1. The first-order chi connectivity index (χ1) is 10.8. The number of halogens is 2. The quantitative estimate of drug-likeness (QED) is 0.0926. The van der Waals surface area contributed by atoms with Crippen LogP contribution in [0.2, 0.25) is 12.6 Å². The molecule has 1 aromatic carbocycles. The molecule has 6 nitrogen and oxygen atoms in total. The van der Waals surface area contributed by atoms with Gasteiger partial charge in [0.1, 0.15) is 5.75 Å². The van der Waals surface area contributed by atoms with Crippen molar-refractivity contribution in [2.75, 3.05) is 13.7 Å². The maximum atomic E-state index is 11.1. The van der Waals surface area contributed by atoms with Crippen LogP contribution in [0.4, 0.5) is 5.69 Å². The summed E-state index contributed by atoms with van der Waals surface area (Å²) in [5.41, 5.74) is 0.326. The van der Waals surface area contributed by atoms with E-state index in [1.165, 1.54) is 19.2 Å². The van der Waals surface area contributed by atoms with E-state index in [1.807, 2.05) is 6.55 Å². The first kappa shape index (κ1) is 22.0. The number of methoxy groups -OCH3 is 1. The van der Waals surface area contributed by atoms with Crippen molar-refractivity contribution >= 4 is 34.5 Å². The first-order valence-corrected chi connectivity index (χ1v) is 11.7. The molecule has 1 aromatic rings. The Kier molecular flexibility index (Phi) is 9.13. The zero-order valence-electron chi connectivity index (χ0n) is 13.8. The van der Waals surface area contributed by atoms with Crippen LogP contribution in [-0.4, -0.2) is 25.3 Å². The first-order valence-electron chi connectivity index (χ1n) is 7.01. The van der Waals surface area contributed by atoms with Gasteiger partial charge in [0.2, 0.25) is 6.69 Å². The van der Waals surface area contributed by atoms with Gasteiger partial charge in [0.15, 0.2) is 5.75 Å². The minimum atomic E-state index is -2.06. The molecule has 132 valence electrons. The third-order valence-corrected chi connectivity index (χ3v) is 5.49. The molecule has 0 aliphatic rings. The molecule has 0 saturated heterocycles. The van der Waals surface area contributed by atoms with E-state index in [0.29, 0.717) is 17.9 Å². The molecule has 0 amide bonds. The van der Waals surface area contributed by atoms with Crippen LogP contribution in [0.3, 0.4) is 0 Å². The normalized spacial score (nSPS) is 10.9. The number of nitrogens with zero attached hydrogens (tertiary/aromatic N) is 1. The van der Waals surface area contributed by atoms with Gasteiger partial charge >= 0.3 is 0 Å². The fourth-order valence-electron chi connectivity index (χ4n) is 1.97. The maximum Gasteiger partial charge on any atom is 0.278 e. The van der Waals surface area contributed by atoms with Crippen LogP contribution in [0.15, 0.2) is 12.1 Å². The average molecular weight is 648 g/mol. The van der Waals surface area contributed by atoms with Gasteiger partial charge in [-0.3, -0.25) is 10.1 Å². The fourth-order valence-corrected chi connectivity index (χ4v) is 3.64. The van der Waals surface area contributed by atoms with Crippen LogP contribution in [0.5, 0.6) is 11.5 Å². The summed E-state index contributed by atoms with van der Waals surface area (Å²) < 4.78 is 15.5. The standard InChI is InChI=1S/C14H20Cl2NO5Si.Rf/c1-20-13-8-11(12(17(18)19)9-14(13)21-2)10-22-6-4-5-7-23(3,15)16;/h8-9H,2,4-7,10H2,1,3H3;/q-1;. The molecule has 0 saturated carbocycles. The van der Waals surface area contributed by atoms with E-state index < -0.39 is 11.6 Å². The van der Waals surface area contributed by atoms with Crippen molar-refractivity contribution in [1.82, 2.24) is 0 Å². The van der Waals surface area contributed by atoms with Crippen LogP contribution >= 0.6 is 22.2 Å². The summed E-state index contributed by atoms with van der Waals surface area (Å²) in [6, 6.07) is 3.60. The van der Waals surface area contributed by atoms with E-state index in [1.54, 1.807) is 0 Å². The molecular weight excluding hydrogens is 628 g/mol. The molecule has 0 fully saturated rings. The van der Waals surface area contributed by atoms with Gasteiger partial charge in [-0.2, -0.15) is 7.11 Å². The number of rotatable bonds is 10. The van der Waals surface area contributed by atoms with Crippen molar-refractivity contribution in [3.8, 4) is 11.5 Å². The summed E-state index contributed by atoms with van der Waals surface area (Å²) in [6.07, 6.45) is 1.67. The van der Waals surface area contributed by atoms with Crippen LogP contribution < -0.4 is 9.47 Å². The van der Waals surface area contributed by atoms with Gasteiger partial charge in [-0.15, -0.1) is 22.2 Å². The van der Waals surface area contributed by atoms with E-state index in [9.17, 15) is 10.1 Å². The molecule has 24 heavy (non-hydrogen) atoms. The third kappa shape index (κ3) is 7.04. The Labute approximate surface area is 146 Å². The van der Waals surface area contributed by atoms with Gasteiger partial charge in [-0.05, 0) is 25.1 Å². The van der Waals surface area contributed by atoms with Gasteiger partial charge < -0.3 is 14.2 Å². The van der Waals surface area contributed by atoms with Crippen LogP contribution in [0, 0.1) is 17.2 Å². The second-order valence-corrected chi connectivity index (χ2v) is 13.3. The summed E-state index contributed by atoms with van der Waals surface area (Å²) in [5, 5.41) is 11.1. The van der Waals surface area contributed by atoms with Crippen molar-refractivity contribution in [3.63, 3.8) is 0 Å². The van der Waals surface area contributed by atoms with E-state index in [-0.39, 0.29) is 18.0 Å². The van der Waals surface area contributed by atoms with Gasteiger partial charge in [-0.1, -0.05) is 6.42 Å². The average Bonchev–Trinajstić information content (AvgIpc) is 2.48. The van der Waals surface area contributed by atoms with E-state index in [0.717, 1.165) is 18.9 Å². The smallest absolute Gasteiger partial charge is 0.278 e. The fraction of sp³-hybridized carbons (Fsp3) is 0.500. The number of benzene rings is 1. The van der Waals surface area contributed by atoms with Gasteiger partial charge in [0.05, 0.1) is 30.3 Å². The predicted molar refractivity (Wildman–Crippen MR) is 92.7 cm³/mol.